The normalized spacial score (nSPS) is 10.4. The van der Waals surface area contributed by atoms with E-state index in [1.165, 1.54) is 5.56 Å². The molecule has 2 aromatic rings. The van der Waals surface area contributed by atoms with Crippen LogP contribution in [0.3, 0.4) is 0 Å². The third-order valence-electron chi connectivity index (χ3n) is 2.49. The summed E-state index contributed by atoms with van der Waals surface area (Å²) in [5.41, 5.74) is 2.18. The van der Waals surface area contributed by atoms with Gasteiger partial charge in [0.15, 0.2) is 0 Å². The van der Waals surface area contributed by atoms with Crippen molar-refractivity contribution in [3.8, 4) is 11.5 Å². The van der Waals surface area contributed by atoms with Gasteiger partial charge in [0, 0.05) is 12.2 Å². The SMILES string of the molecule is CNCc1ccc(Oc2ccc(C)nc2)c(Br)c1. The Kier molecular flexibility index (Phi) is 4.33. The van der Waals surface area contributed by atoms with Gasteiger partial charge in [0.2, 0.25) is 0 Å². The average Bonchev–Trinajstić information content (AvgIpc) is 2.36. The van der Waals surface area contributed by atoms with Gasteiger partial charge in [-0.3, -0.25) is 4.98 Å². The van der Waals surface area contributed by atoms with Crippen LogP contribution in [0.5, 0.6) is 11.5 Å². The highest BCUT2D eigenvalue weighted by atomic mass is 79.9. The Labute approximate surface area is 115 Å². The van der Waals surface area contributed by atoms with E-state index in [9.17, 15) is 0 Å². The summed E-state index contributed by atoms with van der Waals surface area (Å²) in [6.07, 6.45) is 1.73. The highest BCUT2D eigenvalue weighted by molar-refractivity contribution is 9.10. The Morgan fingerprint density at radius 3 is 2.72 bits per heavy atom. The predicted octanol–water partition coefficient (Wildman–Crippen LogP) is 3.66. The Morgan fingerprint density at radius 2 is 2.11 bits per heavy atom. The van der Waals surface area contributed by atoms with Crippen LogP contribution >= 0.6 is 15.9 Å². The third kappa shape index (κ3) is 3.31. The smallest absolute Gasteiger partial charge is 0.145 e. The highest BCUT2D eigenvalue weighted by Crippen LogP contribution is 2.30. The van der Waals surface area contributed by atoms with E-state index in [1.807, 2.05) is 44.3 Å². The van der Waals surface area contributed by atoms with Crippen LogP contribution < -0.4 is 10.1 Å². The van der Waals surface area contributed by atoms with E-state index >= 15 is 0 Å². The second-order valence-corrected chi connectivity index (χ2v) is 4.89. The van der Waals surface area contributed by atoms with Gasteiger partial charge in [-0.05, 0) is 59.7 Å². The molecule has 0 aliphatic heterocycles. The predicted molar refractivity (Wildman–Crippen MR) is 76.0 cm³/mol. The fourth-order valence-electron chi connectivity index (χ4n) is 1.58. The molecule has 94 valence electrons. The van der Waals surface area contributed by atoms with Gasteiger partial charge >= 0.3 is 0 Å². The van der Waals surface area contributed by atoms with Gasteiger partial charge in [0.25, 0.3) is 0 Å². The van der Waals surface area contributed by atoms with Gasteiger partial charge < -0.3 is 10.1 Å². The molecule has 18 heavy (non-hydrogen) atoms. The summed E-state index contributed by atoms with van der Waals surface area (Å²) >= 11 is 3.52. The van der Waals surface area contributed by atoms with E-state index in [1.54, 1.807) is 6.20 Å². The Morgan fingerprint density at radius 1 is 1.28 bits per heavy atom. The maximum Gasteiger partial charge on any atom is 0.145 e. The first-order valence-corrected chi connectivity index (χ1v) is 6.52. The van der Waals surface area contributed by atoms with Crippen LogP contribution in [0.15, 0.2) is 41.0 Å². The van der Waals surface area contributed by atoms with Crippen molar-refractivity contribution in [2.75, 3.05) is 7.05 Å². The number of halogens is 1. The Hall–Kier alpha value is -1.39. The molecule has 0 saturated heterocycles. The molecule has 0 radical (unpaired) electrons. The van der Waals surface area contributed by atoms with Crippen LogP contribution in [0.1, 0.15) is 11.3 Å². The minimum Gasteiger partial charge on any atom is -0.455 e. The fraction of sp³-hybridized carbons (Fsp3) is 0.214. The quantitative estimate of drug-likeness (QED) is 0.936. The lowest BCUT2D eigenvalue weighted by Crippen LogP contribution is -2.04. The number of benzene rings is 1. The molecule has 2 rings (SSSR count). The molecule has 0 aliphatic rings. The summed E-state index contributed by atoms with van der Waals surface area (Å²) < 4.78 is 6.71. The van der Waals surface area contributed by atoms with E-state index in [4.69, 9.17) is 4.74 Å². The van der Waals surface area contributed by atoms with E-state index in [0.717, 1.165) is 28.2 Å². The Balaban J connectivity index is 2.16. The minimum absolute atomic E-state index is 0.739. The van der Waals surface area contributed by atoms with Gasteiger partial charge in [-0.25, -0.2) is 0 Å². The van der Waals surface area contributed by atoms with Crippen molar-refractivity contribution in [3.05, 3.63) is 52.3 Å². The van der Waals surface area contributed by atoms with Crippen LogP contribution in [0.2, 0.25) is 0 Å². The number of nitrogens with zero attached hydrogens (tertiary/aromatic N) is 1. The summed E-state index contributed by atoms with van der Waals surface area (Å²) in [7, 11) is 1.93. The number of hydrogen-bond donors (Lipinski definition) is 1. The molecule has 1 aromatic carbocycles. The van der Waals surface area contributed by atoms with Crippen LogP contribution in [0.4, 0.5) is 0 Å². The van der Waals surface area contributed by atoms with E-state index < -0.39 is 0 Å². The van der Waals surface area contributed by atoms with Crippen molar-refractivity contribution >= 4 is 15.9 Å². The second-order valence-electron chi connectivity index (χ2n) is 4.03. The monoisotopic (exact) mass is 306 g/mol. The lowest BCUT2D eigenvalue weighted by Gasteiger charge is -2.09. The second kappa shape index (κ2) is 5.98. The van der Waals surface area contributed by atoms with Crippen molar-refractivity contribution in [2.45, 2.75) is 13.5 Å². The zero-order chi connectivity index (χ0) is 13.0. The highest BCUT2D eigenvalue weighted by Gasteiger charge is 2.04. The molecule has 0 fully saturated rings. The molecule has 0 bridgehead atoms. The molecule has 0 unspecified atom stereocenters. The molecule has 4 heteroatoms. The molecule has 1 aromatic heterocycles. The standard InChI is InChI=1S/C14H15BrN2O/c1-10-3-5-12(9-17-10)18-14-6-4-11(8-16-2)7-13(14)15/h3-7,9,16H,8H2,1-2H3. The van der Waals surface area contributed by atoms with Gasteiger partial charge in [-0.15, -0.1) is 0 Å². The van der Waals surface area contributed by atoms with Crippen molar-refractivity contribution in [1.29, 1.82) is 0 Å². The molecule has 0 saturated carbocycles. The zero-order valence-corrected chi connectivity index (χ0v) is 12.0. The topological polar surface area (TPSA) is 34.1 Å². The summed E-state index contributed by atoms with van der Waals surface area (Å²) in [6, 6.07) is 9.89. The van der Waals surface area contributed by atoms with Crippen molar-refractivity contribution in [1.82, 2.24) is 10.3 Å². The molecule has 0 spiro atoms. The number of rotatable bonds is 4. The Bertz CT molecular complexity index is 526. The summed E-state index contributed by atoms with van der Waals surface area (Å²) in [5, 5.41) is 3.11. The van der Waals surface area contributed by atoms with Crippen molar-refractivity contribution in [2.24, 2.45) is 0 Å². The lowest BCUT2D eigenvalue weighted by molar-refractivity contribution is 0.476. The summed E-state index contributed by atoms with van der Waals surface area (Å²) in [5.74, 6) is 1.53. The maximum absolute atomic E-state index is 5.77. The molecule has 0 amide bonds. The fourth-order valence-corrected chi connectivity index (χ4v) is 2.09. The number of aromatic nitrogens is 1. The van der Waals surface area contributed by atoms with Crippen molar-refractivity contribution in [3.63, 3.8) is 0 Å². The molecule has 0 atom stereocenters. The largest absolute Gasteiger partial charge is 0.455 e. The molecule has 1 N–H and O–H groups in total. The first-order chi connectivity index (χ1) is 8.69. The van der Waals surface area contributed by atoms with E-state index in [0.29, 0.717) is 0 Å². The lowest BCUT2D eigenvalue weighted by atomic mass is 10.2. The number of aryl methyl sites for hydroxylation is 1. The zero-order valence-electron chi connectivity index (χ0n) is 10.4. The number of ether oxygens (including phenoxy) is 1. The van der Waals surface area contributed by atoms with Gasteiger partial charge in [0.05, 0.1) is 10.7 Å². The third-order valence-corrected chi connectivity index (χ3v) is 3.11. The van der Waals surface area contributed by atoms with Gasteiger partial charge in [0.1, 0.15) is 11.5 Å². The van der Waals surface area contributed by atoms with Gasteiger partial charge in [-0.2, -0.15) is 0 Å². The number of pyridine rings is 1. The molecule has 0 aliphatic carbocycles. The van der Waals surface area contributed by atoms with Gasteiger partial charge in [-0.1, -0.05) is 6.07 Å². The molecular weight excluding hydrogens is 292 g/mol. The molecule has 3 nitrogen and oxygen atoms in total. The minimum atomic E-state index is 0.739. The van der Waals surface area contributed by atoms with E-state index in [-0.39, 0.29) is 0 Å². The summed E-state index contributed by atoms with van der Waals surface area (Å²) in [6.45, 7) is 2.79. The summed E-state index contributed by atoms with van der Waals surface area (Å²) in [4.78, 5) is 4.20. The molecular formula is C14H15BrN2O. The average molecular weight is 307 g/mol. The van der Waals surface area contributed by atoms with Crippen LogP contribution in [-0.2, 0) is 6.54 Å². The van der Waals surface area contributed by atoms with Crippen LogP contribution in [-0.4, -0.2) is 12.0 Å². The first kappa shape index (κ1) is 13.1. The van der Waals surface area contributed by atoms with Crippen LogP contribution in [0.25, 0.3) is 0 Å². The number of nitrogens with one attached hydrogen (secondary N) is 1. The van der Waals surface area contributed by atoms with Crippen molar-refractivity contribution < 1.29 is 4.74 Å². The van der Waals surface area contributed by atoms with E-state index in [2.05, 4.69) is 26.2 Å². The number of hydrogen-bond acceptors (Lipinski definition) is 3. The molecule has 1 heterocycles. The maximum atomic E-state index is 5.77. The van der Waals surface area contributed by atoms with Crippen LogP contribution in [0, 0.1) is 6.92 Å². The first-order valence-electron chi connectivity index (χ1n) is 5.72.